The van der Waals surface area contributed by atoms with Crippen molar-refractivity contribution in [2.45, 2.75) is 26.0 Å². The van der Waals surface area contributed by atoms with E-state index < -0.39 is 0 Å². The van der Waals surface area contributed by atoms with Crippen molar-refractivity contribution in [1.29, 1.82) is 0 Å². The second-order valence-electron chi connectivity index (χ2n) is 7.08. The van der Waals surface area contributed by atoms with Crippen molar-refractivity contribution in [3.63, 3.8) is 0 Å². The molecule has 2 aromatic carbocycles. The lowest BCUT2D eigenvalue weighted by Gasteiger charge is -2.24. The van der Waals surface area contributed by atoms with Gasteiger partial charge in [0.1, 0.15) is 5.82 Å². The lowest BCUT2D eigenvalue weighted by atomic mass is 10.00. The fourth-order valence-corrected chi connectivity index (χ4v) is 4.15. The standard InChI is InChI=1S/C23H21FN2O2S/c1-16-6-2-3-9-20(16)21-13-19(28-25-21)15-26(23(27)22-10-5-11-29-22)14-17-7-4-8-18(24)12-17/h2-12,19H,13-15H2,1H3/t19-/m0/s1. The summed E-state index contributed by atoms with van der Waals surface area (Å²) in [6, 6.07) is 18.0. The molecule has 3 aromatic rings. The van der Waals surface area contributed by atoms with Gasteiger partial charge in [-0.3, -0.25) is 4.79 Å². The third-order valence-corrected chi connectivity index (χ3v) is 5.75. The number of thiophene rings is 1. The number of hydrogen-bond donors (Lipinski definition) is 0. The van der Waals surface area contributed by atoms with Crippen LogP contribution in [0.1, 0.15) is 32.8 Å². The molecule has 29 heavy (non-hydrogen) atoms. The molecule has 6 heteroatoms. The van der Waals surface area contributed by atoms with Gasteiger partial charge in [0.2, 0.25) is 0 Å². The lowest BCUT2D eigenvalue weighted by Crippen LogP contribution is -2.37. The first-order valence-electron chi connectivity index (χ1n) is 9.46. The zero-order valence-electron chi connectivity index (χ0n) is 16.0. The van der Waals surface area contributed by atoms with Gasteiger partial charge in [0.25, 0.3) is 5.91 Å². The van der Waals surface area contributed by atoms with Crippen molar-refractivity contribution in [2.24, 2.45) is 5.16 Å². The van der Waals surface area contributed by atoms with Crippen LogP contribution in [0.3, 0.4) is 0 Å². The van der Waals surface area contributed by atoms with Crippen LogP contribution in [-0.4, -0.2) is 29.2 Å². The Morgan fingerprint density at radius 3 is 2.83 bits per heavy atom. The van der Waals surface area contributed by atoms with E-state index in [-0.39, 0.29) is 17.8 Å². The number of carbonyl (C=O) groups is 1. The van der Waals surface area contributed by atoms with E-state index in [0.29, 0.717) is 24.4 Å². The highest BCUT2D eigenvalue weighted by Crippen LogP contribution is 2.22. The van der Waals surface area contributed by atoms with Gasteiger partial charge in [-0.15, -0.1) is 11.3 Å². The first-order valence-corrected chi connectivity index (χ1v) is 10.3. The molecular formula is C23H21FN2O2S. The summed E-state index contributed by atoms with van der Waals surface area (Å²) in [5.41, 5.74) is 3.84. The van der Waals surface area contributed by atoms with Gasteiger partial charge < -0.3 is 9.74 Å². The van der Waals surface area contributed by atoms with E-state index in [1.165, 1.54) is 23.5 Å². The number of hydrogen-bond acceptors (Lipinski definition) is 4. The van der Waals surface area contributed by atoms with Crippen LogP contribution in [-0.2, 0) is 11.4 Å². The molecule has 4 nitrogen and oxygen atoms in total. The van der Waals surface area contributed by atoms with Gasteiger partial charge in [-0.05, 0) is 41.6 Å². The minimum Gasteiger partial charge on any atom is -0.390 e. The molecule has 0 fully saturated rings. The van der Waals surface area contributed by atoms with E-state index in [1.54, 1.807) is 17.0 Å². The number of carbonyl (C=O) groups excluding carboxylic acids is 1. The van der Waals surface area contributed by atoms with Crippen LogP contribution in [0.2, 0.25) is 0 Å². The number of nitrogens with zero attached hydrogens (tertiary/aromatic N) is 2. The monoisotopic (exact) mass is 408 g/mol. The molecule has 0 bridgehead atoms. The molecular weight excluding hydrogens is 387 g/mol. The SMILES string of the molecule is Cc1ccccc1C1=NO[C@H](CN(Cc2cccc(F)c2)C(=O)c2cccs2)C1. The predicted octanol–water partition coefficient (Wildman–Crippen LogP) is 5.03. The molecule has 1 atom stereocenters. The molecule has 0 spiro atoms. The molecule has 4 rings (SSSR count). The zero-order valence-corrected chi connectivity index (χ0v) is 16.9. The van der Waals surface area contributed by atoms with Crippen molar-refractivity contribution in [1.82, 2.24) is 4.90 Å². The summed E-state index contributed by atoms with van der Waals surface area (Å²) in [5, 5.41) is 6.14. The van der Waals surface area contributed by atoms with Crippen LogP contribution in [0.5, 0.6) is 0 Å². The van der Waals surface area contributed by atoms with Gasteiger partial charge >= 0.3 is 0 Å². The average molecular weight is 408 g/mol. The van der Waals surface area contributed by atoms with E-state index in [2.05, 4.69) is 5.16 Å². The maximum atomic E-state index is 13.6. The van der Waals surface area contributed by atoms with E-state index in [4.69, 9.17) is 4.84 Å². The molecule has 1 aliphatic rings. The Balaban J connectivity index is 1.50. The molecule has 0 radical (unpaired) electrons. The highest BCUT2D eigenvalue weighted by molar-refractivity contribution is 7.12. The molecule has 0 N–H and O–H groups in total. The van der Waals surface area contributed by atoms with Gasteiger partial charge in [0, 0.05) is 18.5 Å². The highest BCUT2D eigenvalue weighted by atomic mass is 32.1. The first kappa shape index (κ1) is 19.3. The summed E-state index contributed by atoms with van der Waals surface area (Å²) in [6.45, 7) is 2.74. The summed E-state index contributed by atoms with van der Waals surface area (Å²) in [5.74, 6) is -0.398. The largest absolute Gasteiger partial charge is 0.390 e. The molecule has 2 heterocycles. The van der Waals surface area contributed by atoms with Crippen molar-refractivity contribution in [3.8, 4) is 0 Å². The molecule has 1 amide bonds. The number of amides is 1. The van der Waals surface area contributed by atoms with Crippen LogP contribution in [0.25, 0.3) is 0 Å². The molecule has 0 aliphatic carbocycles. The van der Waals surface area contributed by atoms with Gasteiger partial charge in [-0.2, -0.15) is 0 Å². The third kappa shape index (κ3) is 4.54. The van der Waals surface area contributed by atoms with E-state index >= 15 is 0 Å². The summed E-state index contributed by atoms with van der Waals surface area (Å²) in [6.07, 6.45) is 0.393. The molecule has 1 aliphatic heterocycles. The molecule has 0 saturated carbocycles. The second kappa shape index (κ2) is 8.57. The fraction of sp³-hybridized carbons (Fsp3) is 0.217. The number of aryl methyl sites for hydroxylation is 1. The quantitative estimate of drug-likeness (QED) is 0.574. The summed E-state index contributed by atoms with van der Waals surface area (Å²) < 4.78 is 13.6. The normalized spacial score (nSPS) is 15.7. The first-order chi connectivity index (χ1) is 14.1. The van der Waals surface area contributed by atoms with Gasteiger partial charge in [-0.1, -0.05) is 47.6 Å². The summed E-state index contributed by atoms with van der Waals surface area (Å²) >= 11 is 1.40. The Morgan fingerprint density at radius 2 is 2.07 bits per heavy atom. The Labute approximate surface area is 173 Å². The smallest absolute Gasteiger partial charge is 0.264 e. The minimum atomic E-state index is -0.312. The van der Waals surface area contributed by atoms with E-state index in [0.717, 1.165) is 22.4 Å². The fourth-order valence-electron chi connectivity index (χ4n) is 3.46. The Kier molecular flexibility index (Phi) is 5.71. The van der Waals surface area contributed by atoms with Gasteiger partial charge in [-0.25, -0.2) is 4.39 Å². The van der Waals surface area contributed by atoms with Crippen molar-refractivity contribution < 1.29 is 14.0 Å². The highest BCUT2D eigenvalue weighted by Gasteiger charge is 2.28. The number of halogens is 1. The molecule has 0 unspecified atom stereocenters. The van der Waals surface area contributed by atoms with Crippen LogP contribution in [0.4, 0.5) is 4.39 Å². The minimum absolute atomic E-state index is 0.0859. The predicted molar refractivity (Wildman–Crippen MR) is 113 cm³/mol. The Morgan fingerprint density at radius 1 is 1.21 bits per heavy atom. The number of benzene rings is 2. The number of oxime groups is 1. The van der Waals surface area contributed by atoms with E-state index in [1.807, 2.05) is 48.7 Å². The topological polar surface area (TPSA) is 41.9 Å². The van der Waals surface area contributed by atoms with E-state index in [9.17, 15) is 9.18 Å². The van der Waals surface area contributed by atoms with Crippen LogP contribution >= 0.6 is 11.3 Å². The summed E-state index contributed by atoms with van der Waals surface area (Å²) in [4.78, 5) is 21.1. The van der Waals surface area contributed by atoms with Gasteiger partial charge in [0.05, 0.1) is 17.1 Å². The zero-order chi connectivity index (χ0) is 20.2. The van der Waals surface area contributed by atoms with Gasteiger partial charge in [0.15, 0.2) is 6.10 Å². The Bertz CT molecular complexity index is 1030. The van der Waals surface area contributed by atoms with Crippen molar-refractivity contribution in [3.05, 3.63) is 93.4 Å². The van der Waals surface area contributed by atoms with Crippen LogP contribution < -0.4 is 0 Å². The maximum Gasteiger partial charge on any atom is 0.264 e. The Hall–Kier alpha value is -2.99. The van der Waals surface area contributed by atoms with Crippen molar-refractivity contribution >= 4 is 23.0 Å². The average Bonchev–Trinajstić information content (AvgIpc) is 3.40. The maximum absolute atomic E-state index is 13.6. The van der Waals surface area contributed by atoms with Crippen LogP contribution in [0, 0.1) is 12.7 Å². The number of rotatable bonds is 6. The molecule has 1 aromatic heterocycles. The molecule has 148 valence electrons. The second-order valence-corrected chi connectivity index (χ2v) is 8.03. The van der Waals surface area contributed by atoms with Crippen LogP contribution in [0.15, 0.2) is 71.2 Å². The summed E-state index contributed by atoms with van der Waals surface area (Å²) in [7, 11) is 0. The molecule has 0 saturated heterocycles. The van der Waals surface area contributed by atoms with Crippen molar-refractivity contribution in [2.75, 3.05) is 6.54 Å². The lowest BCUT2D eigenvalue weighted by molar-refractivity contribution is 0.0408. The third-order valence-electron chi connectivity index (χ3n) is 4.89.